The van der Waals surface area contributed by atoms with Crippen molar-refractivity contribution in [1.82, 2.24) is 0 Å². The third-order valence-electron chi connectivity index (χ3n) is 11.5. The summed E-state index contributed by atoms with van der Waals surface area (Å²) in [6.45, 7) is 9.06. The first-order valence-corrected chi connectivity index (χ1v) is 12.8. The molecule has 4 heteroatoms. The first kappa shape index (κ1) is 20.5. The molecule has 0 saturated heterocycles. The van der Waals surface area contributed by atoms with E-state index in [0.29, 0.717) is 48.0 Å². The Morgan fingerprint density at radius 2 is 1.74 bits per heavy atom. The maximum Gasteiger partial charge on any atom is 0.384 e. The minimum absolute atomic E-state index is 0.00484. The van der Waals surface area contributed by atoms with Crippen LogP contribution in [-0.2, 0) is 9.53 Å². The van der Waals surface area contributed by atoms with Crippen molar-refractivity contribution in [2.75, 3.05) is 6.61 Å². The molecule has 6 aliphatic carbocycles. The van der Waals surface area contributed by atoms with Gasteiger partial charge in [-0.3, -0.25) is 0 Å². The summed E-state index contributed by atoms with van der Waals surface area (Å²) >= 11 is 0. The highest BCUT2D eigenvalue weighted by molar-refractivity contribution is 5.88. The minimum Gasteiger partial charge on any atom is -0.456 e. The van der Waals surface area contributed by atoms with Crippen LogP contribution in [0.15, 0.2) is 0 Å². The van der Waals surface area contributed by atoms with Gasteiger partial charge in [-0.25, -0.2) is 4.79 Å². The van der Waals surface area contributed by atoms with Crippen molar-refractivity contribution in [3.05, 3.63) is 0 Å². The van der Waals surface area contributed by atoms with Crippen LogP contribution in [0.3, 0.4) is 0 Å². The van der Waals surface area contributed by atoms with Gasteiger partial charge in [0.25, 0.3) is 0 Å². The van der Waals surface area contributed by atoms with Crippen molar-refractivity contribution < 1.29 is 19.7 Å². The summed E-state index contributed by atoms with van der Waals surface area (Å²) in [6.07, 6.45) is 7.54. The first-order valence-electron chi connectivity index (χ1n) is 12.8. The lowest BCUT2D eigenvalue weighted by molar-refractivity contribution is -0.226. The topological polar surface area (TPSA) is 66.8 Å². The second kappa shape index (κ2) is 6.09. The van der Waals surface area contributed by atoms with Gasteiger partial charge in [0.1, 0.15) is 5.60 Å². The molecule has 0 aromatic carbocycles. The van der Waals surface area contributed by atoms with Crippen molar-refractivity contribution in [2.24, 2.45) is 58.2 Å². The number of hydrogen-bond acceptors (Lipinski definition) is 4. The summed E-state index contributed by atoms with van der Waals surface area (Å²) in [6, 6.07) is 0. The highest BCUT2D eigenvalue weighted by Gasteiger charge is 2.81. The van der Waals surface area contributed by atoms with Gasteiger partial charge < -0.3 is 14.9 Å². The lowest BCUT2D eigenvalue weighted by atomic mass is 9.42. The molecule has 0 aromatic rings. The molecule has 6 aliphatic rings. The molecule has 0 bridgehead atoms. The molecule has 12 atom stereocenters. The Hall–Kier alpha value is -1.05. The molecule has 0 amide bonds. The largest absolute Gasteiger partial charge is 0.456 e. The molecule has 0 radical (unpaired) electrons. The van der Waals surface area contributed by atoms with Gasteiger partial charge in [0.05, 0.1) is 12.2 Å². The predicted octanol–water partition coefficient (Wildman–Crippen LogP) is 3.79. The molecule has 170 valence electrons. The fraction of sp³-hybridized carbons (Fsp3) is 0.889. The Balaban J connectivity index is 1.37. The van der Waals surface area contributed by atoms with Gasteiger partial charge in [-0.15, -0.1) is 0 Å². The van der Waals surface area contributed by atoms with E-state index >= 15 is 0 Å². The summed E-state index contributed by atoms with van der Waals surface area (Å²) in [5, 5.41) is 23.9. The van der Waals surface area contributed by atoms with Gasteiger partial charge in [-0.2, -0.15) is 0 Å². The fourth-order valence-corrected chi connectivity index (χ4v) is 9.96. The normalized spacial score (nSPS) is 60.2. The maximum atomic E-state index is 12.0. The Kier molecular flexibility index (Phi) is 4.04. The van der Waals surface area contributed by atoms with E-state index in [4.69, 9.17) is 4.74 Å². The number of fused-ring (bicyclic) bond motifs is 10. The summed E-state index contributed by atoms with van der Waals surface area (Å²) in [5.74, 6) is 9.17. The highest BCUT2D eigenvalue weighted by atomic mass is 16.5. The van der Waals surface area contributed by atoms with E-state index in [2.05, 4.69) is 32.6 Å². The summed E-state index contributed by atoms with van der Waals surface area (Å²) in [4.78, 5) is 11.9. The van der Waals surface area contributed by atoms with Crippen LogP contribution in [-0.4, -0.2) is 34.0 Å². The molecule has 0 aliphatic heterocycles. The van der Waals surface area contributed by atoms with E-state index in [1.54, 1.807) is 6.92 Å². The third-order valence-corrected chi connectivity index (χ3v) is 11.5. The molecule has 6 saturated carbocycles. The molecular formula is C27H38O4. The number of carbonyl (C=O) groups excluding carboxylic acids is 1. The molecule has 31 heavy (non-hydrogen) atoms. The average Bonchev–Trinajstić information content (AvgIpc) is 3.61. The molecular weight excluding hydrogens is 388 g/mol. The lowest BCUT2D eigenvalue weighted by Gasteiger charge is -2.64. The van der Waals surface area contributed by atoms with Gasteiger partial charge in [-0.1, -0.05) is 26.7 Å². The van der Waals surface area contributed by atoms with Crippen molar-refractivity contribution in [3.8, 4) is 11.8 Å². The molecule has 4 nitrogen and oxygen atoms in total. The van der Waals surface area contributed by atoms with Crippen molar-refractivity contribution >= 4 is 5.97 Å². The van der Waals surface area contributed by atoms with Crippen molar-refractivity contribution in [3.63, 3.8) is 0 Å². The van der Waals surface area contributed by atoms with E-state index in [-0.39, 0.29) is 16.7 Å². The van der Waals surface area contributed by atoms with E-state index in [0.717, 1.165) is 38.5 Å². The zero-order valence-electron chi connectivity index (χ0n) is 19.5. The summed E-state index contributed by atoms with van der Waals surface area (Å²) in [7, 11) is 0. The number of carbonyl (C=O) groups is 1. The van der Waals surface area contributed by atoms with Gasteiger partial charge in [0, 0.05) is 17.3 Å². The molecule has 6 fully saturated rings. The Morgan fingerprint density at radius 1 is 1.03 bits per heavy atom. The Labute approximate surface area is 186 Å². The monoisotopic (exact) mass is 426 g/mol. The summed E-state index contributed by atoms with van der Waals surface area (Å²) < 4.78 is 5.01. The number of aliphatic hydroxyl groups is 2. The highest BCUT2D eigenvalue weighted by Crippen LogP contribution is 2.81. The van der Waals surface area contributed by atoms with Gasteiger partial charge in [-0.05, 0) is 98.7 Å². The fourth-order valence-electron chi connectivity index (χ4n) is 9.96. The number of ether oxygens (including phenoxy) is 1. The van der Waals surface area contributed by atoms with Crippen LogP contribution in [0.4, 0.5) is 0 Å². The van der Waals surface area contributed by atoms with Crippen LogP contribution in [0.2, 0.25) is 0 Å². The second-order valence-electron chi connectivity index (χ2n) is 12.6. The molecule has 6 rings (SSSR count). The first-order chi connectivity index (χ1) is 14.6. The maximum absolute atomic E-state index is 12.0. The molecule has 0 aromatic heterocycles. The van der Waals surface area contributed by atoms with Crippen molar-refractivity contribution in [2.45, 2.75) is 83.8 Å². The van der Waals surface area contributed by atoms with Gasteiger partial charge >= 0.3 is 5.97 Å². The number of rotatable bonds is 1. The Bertz CT molecular complexity index is 887. The minimum atomic E-state index is -1.08. The van der Waals surface area contributed by atoms with Crippen LogP contribution in [0.25, 0.3) is 0 Å². The van der Waals surface area contributed by atoms with Crippen LogP contribution < -0.4 is 0 Å². The lowest BCUT2D eigenvalue weighted by Crippen LogP contribution is -2.65. The van der Waals surface area contributed by atoms with Crippen LogP contribution in [0, 0.1) is 70.0 Å². The number of esters is 1. The molecule has 0 heterocycles. The summed E-state index contributed by atoms with van der Waals surface area (Å²) in [5.41, 5.74) is -1.83. The van der Waals surface area contributed by atoms with Crippen LogP contribution in [0.5, 0.6) is 0 Å². The third kappa shape index (κ3) is 2.33. The van der Waals surface area contributed by atoms with Crippen LogP contribution >= 0.6 is 0 Å². The molecule has 2 N–H and O–H groups in total. The second-order valence-corrected chi connectivity index (χ2v) is 12.6. The quantitative estimate of drug-likeness (QED) is 0.380. The average molecular weight is 427 g/mol. The van der Waals surface area contributed by atoms with Crippen molar-refractivity contribution in [1.29, 1.82) is 0 Å². The van der Waals surface area contributed by atoms with E-state index < -0.39 is 17.2 Å². The number of hydrogen-bond donors (Lipinski definition) is 2. The zero-order chi connectivity index (χ0) is 22.0. The van der Waals surface area contributed by atoms with Gasteiger partial charge in [0.15, 0.2) is 0 Å². The predicted molar refractivity (Wildman–Crippen MR) is 116 cm³/mol. The SMILES string of the molecule is CCOC(=O)C#C[C@]1(O)[C@H]2CC2C2C3C(CC[C@@]21C)[C@@]1(C)CC[C@H](C)C[C@@]1(O)[C@@H]1C[C@H]31. The molecule has 0 spiro atoms. The Morgan fingerprint density at radius 3 is 2.48 bits per heavy atom. The van der Waals surface area contributed by atoms with Crippen LogP contribution in [0.1, 0.15) is 72.6 Å². The van der Waals surface area contributed by atoms with E-state index in [1.165, 1.54) is 6.42 Å². The standard InChI is InChI=1S/C27H38O4/c1-5-31-21(28)8-11-26(29)20-13-17(20)23-22-16-12-19(16)27(30)14-15(2)6-9-24(27,3)18(22)7-10-25(23,26)4/h15-20,22-23,29-30H,5-7,9-10,12-14H2,1-4H3/t15-,16-,17?,18?,19+,20-,22?,23?,24+,25-,26-,27+/m0/s1. The van der Waals surface area contributed by atoms with E-state index in [1.807, 2.05) is 0 Å². The smallest absolute Gasteiger partial charge is 0.384 e. The van der Waals surface area contributed by atoms with E-state index in [9.17, 15) is 15.0 Å². The zero-order valence-corrected chi connectivity index (χ0v) is 19.5. The van der Waals surface area contributed by atoms with Gasteiger partial charge in [0.2, 0.25) is 0 Å². The molecule has 4 unspecified atom stereocenters.